The molecular formula is C25H28N2O4S2. The van der Waals surface area contributed by atoms with Crippen LogP contribution in [0.1, 0.15) is 27.7 Å². The molecule has 6 nitrogen and oxygen atoms in total. The van der Waals surface area contributed by atoms with Gasteiger partial charge in [0.05, 0.1) is 7.11 Å². The van der Waals surface area contributed by atoms with Crippen LogP contribution in [0, 0.1) is 13.8 Å². The van der Waals surface area contributed by atoms with Crippen LogP contribution >= 0.6 is 11.3 Å². The number of piperazine rings is 1. The minimum atomic E-state index is -3.92. The number of thiophene rings is 1. The van der Waals surface area contributed by atoms with Gasteiger partial charge in [0.15, 0.2) is 0 Å². The quantitative estimate of drug-likeness (QED) is 0.491. The molecular weight excluding hydrogens is 456 g/mol. The zero-order valence-corrected chi connectivity index (χ0v) is 20.9. The molecule has 8 heteroatoms. The highest BCUT2D eigenvalue weighted by Crippen LogP contribution is 2.38. The lowest BCUT2D eigenvalue weighted by Crippen LogP contribution is -2.53. The Morgan fingerprint density at radius 3 is 2.42 bits per heavy atom. The van der Waals surface area contributed by atoms with Crippen LogP contribution in [0.3, 0.4) is 0 Å². The Morgan fingerprint density at radius 1 is 1.06 bits per heavy atom. The van der Waals surface area contributed by atoms with E-state index in [2.05, 4.69) is 17.0 Å². The number of hydrogen-bond acceptors (Lipinski definition) is 6. The summed E-state index contributed by atoms with van der Waals surface area (Å²) < 4.78 is 34.2. The number of sulfonamides is 1. The van der Waals surface area contributed by atoms with Crippen LogP contribution in [-0.4, -0.2) is 51.5 Å². The SMILES string of the molecule is COC(=O)c1scc(-c2ccc(C)cc2)c1S(=O)(=O)N1CCN(c2cccc(C)c2)C(C)C1. The Labute approximate surface area is 199 Å². The largest absolute Gasteiger partial charge is 0.465 e. The lowest BCUT2D eigenvalue weighted by Gasteiger charge is -2.40. The van der Waals surface area contributed by atoms with Gasteiger partial charge in [-0.15, -0.1) is 11.3 Å². The monoisotopic (exact) mass is 484 g/mol. The van der Waals surface area contributed by atoms with Crippen molar-refractivity contribution in [1.82, 2.24) is 4.31 Å². The van der Waals surface area contributed by atoms with Crippen molar-refractivity contribution in [2.75, 3.05) is 31.6 Å². The Bertz CT molecular complexity index is 1270. The lowest BCUT2D eigenvalue weighted by molar-refractivity contribution is 0.0602. The zero-order chi connectivity index (χ0) is 23.8. The van der Waals surface area contributed by atoms with E-state index in [9.17, 15) is 13.2 Å². The first kappa shape index (κ1) is 23.5. The van der Waals surface area contributed by atoms with Crippen molar-refractivity contribution in [1.29, 1.82) is 0 Å². The Balaban J connectivity index is 1.70. The maximum Gasteiger partial charge on any atom is 0.349 e. The number of esters is 1. The van der Waals surface area contributed by atoms with Gasteiger partial charge >= 0.3 is 5.97 Å². The number of aryl methyl sites for hydroxylation is 2. The van der Waals surface area contributed by atoms with Gasteiger partial charge in [0, 0.05) is 42.3 Å². The van der Waals surface area contributed by atoms with E-state index in [-0.39, 0.29) is 15.8 Å². The first-order valence-electron chi connectivity index (χ1n) is 10.8. The summed E-state index contributed by atoms with van der Waals surface area (Å²) in [6, 6.07) is 15.9. The highest BCUT2D eigenvalue weighted by Gasteiger charge is 2.37. The number of methoxy groups -OCH3 is 1. The number of carbonyl (C=O) groups excluding carboxylic acids is 1. The van der Waals surface area contributed by atoms with Crippen LogP contribution in [-0.2, 0) is 14.8 Å². The minimum absolute atomic E-state index is 0.0154. The molecule has 1 aliphatic rings. The van der Waals surface area contributed by atoms with Crippen molar-refractivity contribution in [2.45, 2.75) is 31.7 Å². The number of nitrogens with zero attached hydrogens (tertiary/aromatic N) is 2. The second-order valence-electron chi connectivity index (χ2n) is 8.41. The molecule has 0 spiro atoms. The van der Waals surface area contributed by atoms with Gasteiger partial charge < -0.3 is 9.64 Å². The van der Waals surface area contributed by atoms with E-state index in [4.69, 9.17) is 4.74 Å². The van der Waals surface area contributed by atoms with Crippen molar-refractivity contribution < 1.29 is 17.9 Å². The third kappa shape index (κ3) is 4.55. The first-order valence-corrected chi connectivity index (χ1v) is 13.1. The number of hydrogen-bond donors (Lipinski definition) is 0. The summed E-state index contributed by atoms with van der Waals surface area (Å²) in [4.78, 5) is 14.9. The van der Waals surface area contributed by atoms with E-state index in [1.165, 1.54) is 17.0 Å². The molecule has 0 aliphatic carbocycles. The van der Waals surface area contributed by atoms with E-state index >= 15 is 0 Å². The van der Waals surface area contributed by atoms with Crippen LogP contribution in [0.25, 0.3) is 11.1 Å². The van der Waals surface area contributed by atoms with Gasteiger partial charge in [-0.25, -0.2) is 13.2 Å². The third-order valence-corrected chi connectivity index (χ3v) is 9.04. The molecule has 1 fully saturated rings. The molecule has 4 rings (SSSR count). The molecule has 1 atom stereocenters. The van der Waals surface area contributed by atoms with Crippen molar-refractivity contribution in [3.05, 3.63) is 69.9 Å². The zero-order valence-electron chi connectivity index (χ0n) is 19.2. The van der Waals surface area contributed by atoms with Gasteiger partial charge in [-0.3, -0.25) is 0 Å². The molecule has 0 N–H and O–H groups in total. The van der Waals surface area contributed by atoms with Gasteiger partial charge in [-0.1, -0.05) is 42.0 Å². The van der Waals surface area contributed by atoms with Crippen molar-refractivity contribution in [3.8, 4) is 11.1 Å². The number of ether oxygens (including phenoxy) is 1. The molecule has 0 radical (unpaired) electrons. The fourth-order valence-corrected chi connectivity index (χ4v) is 7.42. The molecule has 174 valence electrons. The van der Waals surface area contributed by atoms with Gasteiger partial charge in [-0.2, -0.15) is 4.31 Å². The van der Waals surface area contributed by atoms with Gasteiger partial charge in [0.2, 0.25) is 10.0 Å². The van der Waals surface area contributed by atoms with Crippen molar-refractivity contribution >= 4 is 33.0 Å². The number of benzene rings is 2. The van der Waals surface area contributed by atoms with Crippen LogP contribution in [0.2, 0.25) is 0 Å². The van der Waals surface area contributed by atoms with Gasteiger partial charge in [-0.05, 0) is 44.0 Å². The van der Waals surface area contributed by atoms with Gasteiger partial charge in [0.1, 0.15) is 9.77 Å². The summed E-state index contributed by atoms with van der Waals surface area (Å²) in [6.07, 6.45) is 0. The maximum atomic E-state index is 13.9. The van der Waals surface area contributed by atoms with E-state index in [1.807, 2.05) is 57.2 Å². The molecule has 1 aromatic heterocycles. The number of rotatable bonds is 5. The predicted octanol–water partition coefficient (Wildman–Crippen LogP) is 4.72. The molecule has 2 heterocycles. The summed E-state index contributed by atoms with van der Waals surface area (Å²) in [5.41, 5.74) is 4.63. The standard InChI is InChI=1S/C25H28N2O4S2/c1-17-8-10-20(11-9-17)22-16-32-23(25(28)31-4)24(22)33(29,30)26-12-13-27(19(3)15-26)21-7-5-6-18(2)14-21/h5-11,14,16,19H,12-13,15H2,1-4H3. The molecule has 0 bridgehead atoms. The maximum absolute atomic E-state index is 13.9. The van der Waals surface area contributed by atoms with E-state index in [1.54, 1.807) is 5.38 Å². The van der Waals surface area contributed by atoms with Crippen molar-refractivity contribution in [3.63, 3.8) is 0 Å². The fraction of sp³-hybridized carbons (Fsp3) is 0.320. The van der Waals surface area contributed by atoms with Gasteiger partial charge in [0.25, 0.3) is 0 Å². The summed E-state index contributed by atoms with van der Waals surface area (Å²) in [7, 11) is -2.65. The van der Waals surface area contributed by atoms with Crippen LogP contribution in [0.5, 0.6) is 0 Å². The second kappa shape index (κ2) is 9.29. The Morgan fingerprint density at radius 2 is 1.79 bits per heavy atom. The highest BCUT2D eigenvalue weighted by atomic mass is 32.2. The number of anilines is 1. The molecule has 1 aliphatic heterocycles. The average molecular weight is 485 g/mol. The Hall–Kier alpha value is -2.68. The molecule has 1 unspecified atom stereocenters. The molecule has 0 amide bonds. The summed E-state index contributed by atoms with van der Waals surface area (Å²) in [5, 5.41) is 1.73. The molecule has 1 saturated heterocycles. The molecule has 33 heavy (non-hydrogen) atoms. The van der Waals surface area contributed by atoms with E-state index in [0.717, 1.165) is 28.2 Å². The van der Waals surface area contributed by atoms with E-state index in [0.29, 0.717) is 25.2 Å². The molecule has 2 aromatic carbocycles. The second-order valence-corrected chi connectivity index (χ2v) is 11.2. The van der Waals surface area contributed by atoms with Crippen LogP contribution in [0.4, 0.5) is 5.69 Å². The molecule has 0 saturated carbocycles. The molecule has 3 aromatic rings. The first-order chi connectivity index (χ1) is 15.7. The summed E-state index contributed by atoms with van der Waals surface area (Å²) in [6.45, 7) is 7.29. The summed E-state index contributed by atoms with van der Waals surface area (Å²) in [5.74, 6) is -0.636. The topological polar surface area (TPSA) is 66.9 Å². The fourth-order valence-electron chi connectivity index (χ4n) is 4.23. The number of carbonyl (C=O) groups is 1. The smallest absolute Gasteiger partial charge is 0.349 e. The van der Waals surface area contributed by atoms with E-state index < -0.39 is 16.0 Å². The predicted molar refractivity (Wildman–Crippen MR) is 133 cm³/mol. The van der Waals surface area contributed by atoms with Crippen LogP contribution in [0.15, 0.2) is 58.8 Å². The average Bonchev–Trinajstić information content (AvgIpc) is 3.25. The normalized spacial score (nSPS) is 17.2. The minimum Gasteiger partial charge on any atom is -0.465 e. The summed E-state index contributed by atoms with van der Waals surface area (Å²) >= 11 is 1.11. The van der Waals surface area contributed by atoms with Crippen LogP contribution < -0.4 is 4.90 Å². The third-order valence-electron chi connectivity index (χ3n) is 6.00. The van der Waals surface area contributed by atoms with Crippen molar-refractivity contribution in [2.24, 2.45) is 0 Å². The lowest BCUT2D eigenvalue weighted by atomic mass is 10.1. The highest BCUT2D eigenvalue weighted by molar-refractivity contribution is 7.89. The Kier molecular flexibility index (Phi) is 6.61.